The highest BCUT2D eigenvalue weighted by Gasteiger charge is 2.14. The molecule has 0 radical (unpaired) electrons. The Labute approximate surface area is 114 Å². The number of aromatic nitrogens is 1. The molecule has 0 unspecified atom stereocenters. The molecule has 0 bridgehead atoms. The third kappa shape index (κ3) is 3.23. The lowest BCUT2D eigenvalue weighted by Crippen LogP contribution is -2.06. The first-order chi connectivity index (χ1) is 9.60. The molecule has 1 heterocycles. The second-order valence-electron chi connectivity index (χ2n) is 3.95. The van der Waals surface area contributed by atoms with Crippen LogP contribution in [0.5, 0.6) is 11.6 Å². The third-order valence-corrected chi connectivity index (χ3v) is 2.56. The fourth-order valence-corrected chi connectivity index (χ4v) is 1.61. The highest BCUT2D eigenvalue weighted by Crippen LogP contribution is 2.19. The molecule has 0 aliphatic heterocycles. The van der Waals surface area contributed by atoms with E-state index in [0.717, 1.165) is 17.8 Å². The molecule has 0 fully saturated rings. The Bertz CT molecular complexity index is 630. The largest absolute Gasteiger partial charge is 0.497 e. The number of carboxylic acids is 1. The molecule has 0 amide bonds. The number of ether oxygens (including phenoxy) is 2. The zero-order valence-corrected chi connectivity index (χ0v) is 10.7. The van der Waals surface area contributed by atoms with Gasteiger partial charge in [-0.05, 0) is 23.8 Å². The molecule has 104 valence electrons. The van der Waals surface area contributed by atoms with Crippen LogP contribution < -0.4 is 9.47 Å². The molecule has 20 heavy (non-hydrogen) atoms. The number of pyridine rings is 1. The van der Waals surface area contributed by atoms with Gasteiger partial charge in [-0.25, -0.2) is 14.2 Å². The zero-order chi connectivity index (χ0) is 14.5. The number of nitrogens with zero attached hydrogens (tertiary/aromatic N) is 1. The molecule has 0 aliphatic carbocycles. The van der Waals surface area contributed by atoms with Crippen LogP contribution in [0.4, 0.5) is 4.39 Å². The second kappa shape index (κ2) is 6.01. The van der Waals surface area contributed by atoms with Crippen molar-refractivity contribution >= 4 is 5.97 Å². The van der Waals surface area contributed by atoms with Crippen LogP contribution in [0.3, 0.4) is 0 Å². The molecule has 0 saturated carbocycles. The molecule has 1 N–H and O–H groups in total. The van der Waals surface area contributed by atoms with E-state index >= 15 is 0 Å². The Morgan fingerprint density at radius 3 is 2.90 bits per heavy atom. The van der Waals surface area contributed by atoms with E-state index in [-0.39, 0.29) is 18.1 Å². The summed E-state index contributed by atoms with van der Waals surface area (Å²) >= 11 is 0. The molecule has 2 rings (SSSR count). The first-order valence-corrected chi connectivity index (χ1v) is 5.74. The first-order valence-electron chi connectivity index (χ1n) is 5.74. The predicted octanol–water partition coefficient (Wildman–Crippen LogP) is 2.51. The SMILES string of the molecule is COc1cccc(COc2ncc(F)cc2C(=O)O)c1. The van der Waals surface area contributed by atoms with Crippen LogP contribution >= 0.6 is 0 Å². The summed E-state index contributed by atoms with van der Waals surface area (Å²) in [5, 5.41) is 8.96. The van der Waals surface area contributed by atoms with Gasteiger partial charge in [0.15, 0.2) is 0 Å². The smallest absolute Gasteiger partial charge is 0.341 e. The summed E-state index contributed by atoms with van der Waals surface area (Å²) in [6.45, 7) is 0.107. The molecule has 0 atom stereocenters. The maximum Gasteiger partial charge on any atom is 0.341 e. The minimum Gasteiger partial charge on any atom is -0.497 e. The quantitative estimate of drug-likeness (QED) is 0.909. The van der Waals surface area contributed by atoms with Gasteiger partial charge in [-0.3, -0.25) is 0 Å². The minimum atomic E-state index is -1.29. The molecular formula is C14H12FNO4. The van der Waals surface area contributed by atoms with E-state index in [9.17, 15) is 9.18 Å². The molecule has 6 heteroatoms. The Kier molecular flexibility index (Phi) is 4.14. The summed E-state index contributed by atoms with van der Waals surface area (Å²) < 4.78 is 23.4. The molecule has 5 nitrogen and oxygen atoms in total. The summed E-state index contributed by atoms with van der Waals surface area (Å²) in [7, 11) is 1.55. The van der Waals surface area contributed by atoms with Gasteiger partial charge in [-0.2, -0.15) is 0 Å². The van der Waals surface area contributed by atoms with Crippen molar-refractivity contribution in [3.8, 4) is 11.6 Å². The summed E-state index contributed by atoms with van der Waals surface area (Å²) in [6.07, 6.45) is 0.910. The molecule has 0 aliphatic rings. The fourth-order valence-electron chi connectivity index (χ4n) is 1.61. The van der Waals surface area contributed by atoms with Gasteiger partial charge >= 0.3 is 5.97 Å². The zero-order valence-electron chi connectivity index (χ0n) is 10.7. The maximum atomic E-state index is 13.0. The van der Waals surface area contributed by atoms with Crippen molar-refractivity contribution < 1.29 is 23.8 Å². The van der Waals surface area contributed by atoms with Crippen molar-refractivity contribution in [3.63, 3.8) is 0 Å². The number of carboxylic acid groups (broad SMARTS) is 1. The molecule has 1 aromatic carbocycles. The van der Waals surface area contributed by atoms with Gasteiger partial charge in [0, 0.05) is 0 Å². The van der Waals surface area contributed by atoms with Gasteiger partial charge < -0.3 is 14.6 Å². The Morgan fingerprint density at radius 1 is 1.40 bits per heavy atom. The van der Waals surface area contributed by atoms with Gasteiger partial charge in [0.25, 0.3) is 0 Å². The molecular weight excluding hydrogens is 265 g/mol. The number of methoxy groups -OCH3 is 1. The predicted molar refractivity (Wildman–Crippen MR) is 68.5 cm³/mol. The lowest BCUT2D eigenvalue weighted by molar-refractivity contribution is 0.0690. The van der Waals surface area contributed by atoms with Crippen LogP contribution in [-0.2, 0) is 6.61 Å². The molecule has 1 aromatic heterocycles. The van der Waals surface area contributed by atoms with Crippen LogP contribution in [-0.4, -0.2) is 23.2 Å². The Balaban J connectivity index is 2.16. The number of benzene rings is 1. The van der Waals surface area contributed by atoms with Gasteiger partial charge in [-0.1, -0.05) is 12.1 Å². The van der Waals surface area contributed by atoms with Crippen molar-refractivity contribution in [1.29, 1.82) is 0 Å². The highest BCUT2D eigenvalue weighted by molar-refractivity contribution is 5.90. The third-order valence-electron chi connectivity index (χ3n) is 2.56. The minimum absolute atomic E-state index is 0.107. The number of hydrogen-bond donors (Lipinski definition) is 1. The van der Waals surface area contributed by atoms with Crippen molar-refractivity contribution in [2.24, 2.45) is 0 Å². The summed E-state index contributed by atoms with van der Waals surface area (Å²) in [6, 6.07) is 7.99. The number of halogens is 1. The number of rotatable bonds is 5. The van der Waals surface area contributed by atoms with E-state index in [4.69, 9.17) is 14.6 Å². The molecule has 2 aromatic rings. The maximum absolute atomic E-state index is 13.0. The summed E-state index contributed by atoms with van der Waals surface area (Å²) in [5.74, 6) is -1.48. The average molecular weight is 277 g/mol. The topological polar surface area (TPSA) is 68.7 Å². The van der Waals surface area contributed by atoms with Gasteiger partial charge in [0.05, 0.1) is 13.3 Å². The first kappa shape index (κ1) is 13.8. The molecule has 0 saturated heterocycles. The Hall–Kier alpha value is -2.63. The van der Waals surface area contributed by atoms with Crippen LogP contribution in [0.15, 0.2) is 36.5 Å². The average Bonchev–Trinajstić information content (AvgIpc) is 2.46. The van der Waals surface area contributed by atoms with E-state index in [2.05, 4.69) is 4.98 Å². The fraction of sp³-hybridized carbons (Fsp3) is 0.143. The van der Waals surface area contributed by atoms with Crippen LogP contribution in [0.25, 0.3) is 0 Å². The summed E-state index contributed by atoms with van der Waals surface area (Å²) in [4.78, 5) is 14.6. The summed E-state index contributed by atoms with van der Waals surface area (Å²) in [5.41, 5.74) is 0.472. The Morgan fingerprint density at radius 2 is 2.20 bits per heavy atom. The molecule has 0 spiro atoms. The van der Waals surface area contributed by atoms with E-state index in [0.29, 0.717) is 5.75 Å². The van der Waals surface area contributed by atoms with Crippen LogP contribution in [0.2, 0.25) is 0 Å². The van der Waals surface area contributed by atoms with Crippen molar-refractivity contribution in [2.45, 2.75) is 6.61 Å². The lowest BCUT2D eigenvalue weighted by Gasteiger charge is -2.09. The van der Waals surface area contributed by atoms with E-state index < -0.39 is 11.8 Å². The van der Waals surface area contributed by atoms with E-state index in [1.807, 2.05) is 0 Å². The van der Waals surface area contributed by atoms with Gasteiger partial charge in [-0.15, -0.1) is 0 Å². The van der Waals surface area contributed by atoms with Crippen molar-refractivity contribution in [2.75, 3.05) is 7.11 Å². The monoisotopic (exact) mass is 277 g/mol. The second-order valence-corrected chi connectivity index (χ2v) is 3.95. The van der Waals surface area contributed by atoms with Gasteiger partial charge in [0.2, 0.25) is 5.88 Å². The number of aromatic carboxylic acids is 1. The van der Waals surface area contributed by atoms with Gasteiger partial charge in [0.1, 0.15) is 23.7 Å². The lowest BCUT2D eigenvalue weighted by atomic mass is 10.2. The standard InChI is InChI=1S/C14H12FNO4/c1-19-11-4-2-3-9(5-11)8-20-13-12(14(17)18)6-10(15)7-16-13/h2-7H,8H2,1H3,(H,17,18). The van der Waals surface area contributed by atoms with Crippen molar-refractivity contribution in [1.82, 2.24) is 4.98 Å². The van der Waals surface area contributed by atoms with Crippen LogP contribution in [0.1, 0.15) is 15.9 Å². The highest BCUT2D eigenvalue weighted by atomic mass is 19.1. The number of hydrogen-bond acceptors (Lipinski definition) is 4. The van der Waals surface area contributed by atoms with Crippen molar-refractivity contribution in [3.05, 3.63) is 53.5 Å². The van der Waals surface area contributed by atoms with E-state index in [1.165, 1.54) is 0 Å². The van der Waals surface area contributed by atoms with E-state index in [1.54, 1.807) is 31.4 Å². The number of carbonyl (C=O) groups is 1. The van der Waals surface area contributed by atoms with Crippen LogP contribution in [0, 0.1) is 5.82 Å². The normalized spacial score (nSPS) is 10.1.